The van der Waals surface area contributed by atoms with E-state index in [9.17, 15) is 33.0 Å². The number of hydrogen-bond acceptors (Lipinski definition) is 11. The third-order valence-electron chi connectivity index (χ3n) is 12.0. The quantitative estimate of drug-likeness (QED) is 0.0794. The molecule has 0 aliphatic carbocycles. The van der Waals surface area contributed by atoms with E-state index in [4.69, 9.17) is 26.7 Å². The van der Waals surface area contributed by atoms with Crippen LogP contribution in [-0.4, -0.2) is 66.4 Å². The minimum absolute atomic E-state index is 0.0420. The molecule has 0 radical (unpaired) electrons. The number of halogens is 3. The highest BCUT2D eigenvalue weighted by atomic mass is 32.1. The SMILES string of the molecule is O=C1OC2(c3ccc(O)cc3Oc3cc(O)ccc32)c2ccc(NC(=S)NCc3cn(-c4cccc(NC(=O)N5c6nc(-c7cccc(C(F)(F)F)c7)ccc6N6CC[C@H]5C6)c4)nn3)cc21. The molecule has 11 rings (SSSR count). The number of aromatic hydroxyl groups is 2. The average Bonchev–Trinajstić information content (AvgIpc) is 4.02. The van der Waals surface area contributed by atoms with Crippen LogP contribution < -0.4 is 30.5 Å². The van der Waals surface area contributed by atoms with Crippen LogP contribution in [0.4, 0.5) is 40.8 Å². The first kappa shape index (κ1) is 40.6. The summed E-state index contributed by atoms with van der Waals surface area (Å²) in [5.74, 6) is 0.255. The first-order chi connectivity index (χ1) is 31.8. The molecular formula is C47H34F3N9O6S. The molecule has 1 atom stereocenters. The van der Waals surface area contributed by atoms with E-state index in [2.05, 4.69) is 31.2 Å². The molecule has 330 valence electrons. The number of carbonyl (C=O) groups excluding carboxylic acids is 2. The molecule has 5 aromatic carbocycles. The lowest BCUT2D eigenvalue weighted by Gasteiger charge is -2.36. The number of esters is 1. The fourth-order valence-corrected chi connectivity index (χ4v) is 9.22. The Morgan fingerprint density at radius 3 is 2.38 bits per heavy atom. The van der Waals surface area contributed by atoms with Crippen LogP contribution in [0.5, 0.6) is 23.0 Å². The minimum Gasteiger partial charge on any atom is -0.508 e. The van der Waals surface area contributed by atoms with Crippen molar-refractivity contribution < 1.29 is 42.4 Å². The number of phenolic OH excluding ortho intramolecular Hbond substituents is 2. The maximum atomic E-state index is 14.0. The Kier molecular flexibility index (Phi) is 9.36. The van der Waals surface area contributed by atoms with Gasteiger partial charge in [0, 0.05) is 58.9 Å². The van der Waals surface area contributed by atoms with Crippen molar-refractivity contribution in [3.05, 3.63) is 155 Å². The number of ether oxygens (including phenoxy) is 2. The summed E-state index contributed by atoms with van der Waals surface area (Å²) in [5, 5.41) is 38.4. The summed E-state index contributed by atoms with van der Waals surface area (Å²) in [5.41, 5.74) is 3.14. The molecular weight excluding hydrogens is 876 g/mol. The van der Waals surface area contributed by atoms with Gasteiger partial charge in [0.2, 0.25) is 0 Å². The number of urea groups is 1. The Hall–Kier alpha value is -8.19. The standard InChI is InChI=1S/C47H34F3N9O6S/c48-47(49,50)26-4-1-3-25(17-26)38-13-14-39-42(54-38)59(31-15-16-57(39)24-31)45(63)53-27-5-2-6-30(18-27)58-23-29(55-56-58)22-51-44(66)52-28-7-10-35-34(19-28)43(62)65-46(35)36-11-8-32(60)20-40(36)64-41-21-33(61)9-12-37(41)46/h1-14,17-21,23,31,60-61H,15-16,22,24H2,(H,53,63)(H2,51,52,66)/t31-/m0/s1. The predicted octanol–water partition coefficient (Wildman–Crippen LogP) is 8.44. The van der Waals surface area contributed by atoms with Gasteiger partial charge in [0.25, 0.3) is 0 Å². The van der Waals surface area contributed by atoms with Gasteiger partial charge in [0.15, 0.2) is 16.5 Å². The van der Waals surface area contributed by atoms with Crippen molar-refractivity contribution in [2.45, 2.75) is 30.8 Å². The number of hydrogen-bond donors (Lipinski definition) is 5. The third kappa shape index (κ3) is 6.91. The van der Waals surface area contributed by atoms with Gasteiger partial charge in [-0.05, 0) is 97.5 Å². The summed E-state index contributed by atoms with van der Waals surface area (Å²) in [6.07, 6.45) is -2.11. The van der Waals surface area contributed by atoms with Crippen LogP contribution in [0.25, 0.3) is 16.9 Å². The van der Waals surface area contributed by atoms with Crippen LogP contribution in [0.15, 0.2) is 121 Å². The van der Waals surface area contributed by atoms with Crippen LogP contribution in [0.1, 0.15) is 44.7 Å². The summed E-state index contributed by atoms with van der Waals surface area (Å²) in [6, 6.07) is 29.1. The number of benzene rings is 5. The van der Waals surface area contributed by atoms with Crippen molar-refractivity contribution >= 4 is 52.2 Å². The number of amides is 2. The molecule has 6 heterocycles. The molecule has 0 saturated carbocycles. The zero-order chi connectivity index (χ0) is 45.5. The number of carbonyl (C=O) groups is 2. The van der Waals surface area contributed by atoms with E-state index in [0.29, 0.717) is 70.5 Å². The second kappa shape index (κ2) is 15.2. The number of anilines is 4. The highest BCUT2D eigenvalue weighted by Crippen LogP contribution is 2.57. The number of pyridine rings is 1. The lowest BCUT2D eigenvalue weighted by atomic mass is 9.77. The predicted molar refractivity (Wildman–Crippen MR) is 239 cm³/mol. The van der Waals surface area contributed by atoms with Crippen LogP contribution in [0, 0.1) is 0 Å². The fraction of sp³-hybridized carbons (Fsp3) is 0.149. The van der Waals surface area contributed by atoms with Gasteiger partial charge in [-0.2, -0.15) is 13.2 Å². The van der Waals surface area contributed by atoms with Gasteiger partial charge in [-0.1, -0.05) is 29.5 Å². The fourth-order valence-electron chi connectivity index (χ4n) is 9.03. The Labute approximate surface area is 378 Å². The molecule has 5 N–H and O–H groups in total. The number of rotatable bonds is 6. The second-order valence-corrected chi connectivity index (χ2v) is 16.5. The Bertz CT molecular complexity index is 3130. The monoisotopic (exact) mass is 909 g/mol. The highest BCUT2D eigenvalue weighted by molar-refractivity contribution is 7.80. The Morgan fingerprint density at radius 2 is 1.61 bits per heavy atom. The second-order valence-electron chi connectivity index (χ2n) is 16.1. The first-order valence-electron chi connectivity index (χ1n) is 20.6. The summed E-state index contributed by atoms with van der Waals surface area (Å²) < 4.78 is 54.3. The van der Waals surface area contributed by atoms with Crippen molar-refractivity contribution in [1.29, 1.82) is 0 Å². The summed E-state index contributed by atoms with van der Waals surface area (Å²) in [4.78, 5) is 36.1. The van der Waals surface area contributed by atoms with Gasteiger partial charge in [-0.3, -0.25) is 4.90 Å². The van der Waals surface area contributed by atoms with Crippen molar-refractivity contribution in [3.63, 3.8) is 0 Å². The lowest BCUT2D eigenvalue weighted by Crippen LogP contribution is -2.48. The number of nitrogens with zero attached hydrogens (tertiary/aromatic N) is 6. The van der Waals surface area contributed by atoms with Gasteiger partial charge >= 0.3 is 18.2 Å². The number of aromatic nitrogens is 4. The normalized spacial score (nSPS) is 16.1. The molecule has 4 aliphatic heterocycles. The number of nitrogens with one attached hydrogen (secondary N) is 3. The Balaban J connectivity index is 0.766. The lowest BCUT2D eigenvalue weighted by molar-refractivity contribution is -0.137. The van der Waals surface area contributed by atoms with E-state index in [-0.39, 0.29) is 51.8 Å². The van der Waals surface area contributed by atoms with E-state index < -0.39 is 29.3 Å². The van der Waals surface area contributed by atoms with Crippen LogP contribution in [0.2, 0.25) is 0 Å². The van der Waals surface area contributed by atoms with E-state index in [1.165, 1.54) is 30.3 Å². The zero-order valence-corrected chi connectivity index (χ0v) is 35.0. The van der Waals surface area contributed by atoms with E-state index >= 15 is 0 Å². The molecule has 15 nitrogen and oxygen atoms in total. The largest absolute Gasteiger partial charge is 0.508 e. The molecule has 66 heavy (non-hydrogen) atoms. The molecule has 19 heteroatoms. The maximum Gasteiger partial charge on any atom is 0.416 e. The molecule has 1 saturated heterocycles. The van der Waals surface area contributed by atoms with Gasteiger partial charge in [0.1, 0.15) is 28.7 Å². The number of fused-ring (bicyclic) bond motifs is 10. The molecule has 7 aromatic rings. The minimum atomic E-state index is -4.51. The van der Waals surface area contributed by atoms with Crippen LogP contribution in [-0.2, 0) is 23.1 Å². The molecule has 1 spiro atoms. The zero-order valence-electron chi connectivity index (χ0n) is 34.2. The molecule has 1 fully saturated rings. The summed E-state index contributed by atoms with van der Waals surface area (Å²) in [7, 11) is 0. The third-order valence-corrected chi connectivity index (χ3v) is 12.3. The summed E-state index contributed by atoms with van der Waals surface area (Å²) in [6.45, 7) is 1.50. The van der Waals surface area contributed by atoms with Crippen molar-refractivity contribution in [1.82, 2.24) is 25.3 Å². The summed E-state index contributed by atoms with van der Waals surface area (Å²) >= 11 is 5.60. The van der Waals surface area contributed by atoms with Gasteiger partial charge < -0.3 is 40.5 Å². The number of thiocarbonyl (C=S) groups is 1. The molecule has 2 amide bonds. The van der Waals surface area contributed by atoms with Gasteiger partial charge in [0.05, 0.1) is 47.0 Å². The van der Waals surface area contributed by atoms with Crippen molar-refractivity contribution in [2.75, 3.05) is 33.5 Å². The van der Waals surface area contributed by atoms with E-state index in [1.54, 1.807) is 88.6 Å². The Morgan fingerprint density at radius 1 is 0.864 bits per heavy atom. The average molecular weight is 910 g/mol. The highest BCUT2D eigenvalue weighted by Gasteiger charge is 2.54. The van der Waals surface area contributed by atoms with Crippen molar-refractivity contribution in [2.24, 2.45) is 0 Å². The van der Waals surface area contributed by atoms with Crippen molar-refractivity contribution in [3.8, 4) is 39.9 Å². The molecule has 2 bridgehead atoms. The van der Waals surface area contributed by atoms with Crippen LogP contribution in [0.3, 0.4) is 0 Å². The molecule has 4 aliphatic rings. The van der Waals surface area contributed by atoms with Crippen LogP contribution >= 0.6 is 12.2 Å². The van der Waals surface area contributed by atoms with Gasteiger partial charge in [-0.25, -0.2) is 19.3 Å². The van der Waals surface area contributed by atoms with E-state index in [1.807, 2.05) is 0 Å². The van der Waals surface area contributed by atoms with Gasteiger partial charge in [-0.15, -0.1) is 5.10 Å². The smallest absolute Gasteiger partial charge is 0.416 e. The molecule has 2 aromatic heterocycles. The van der Waals surface area contributed by atoms with E-state index in [0.717, 1.165) is 17.8 Å². The maximum absolute atomic E-state index is 14.0. The topological polar surface area (TPSA) is 179 Å². The molecule has 0 unspecified atom stereocenters. The number of alkyl halides is 3. The number of phenols is 2. The first-order valence-corrected chi connectivity index (χ1v) is 21.0.